The van der Waals surface area contributed by atoms with Crippen molar-refractivity contribution in [2.24, 2.45) is 0 Å². The van der Waals surface area contributed by atoms with Crippen molar-refractivity contribution < 1.29 is 4.74 Å². The predicted molar refractivity (Wildman–Crippen MR) is 239 cm³/mol. The molecule has 9 aromatic rings. The van der Waals surface area contributed by atoms with Gasteiger partial charge in [0.25, 0.3) is 0 Å². The van der Waals surface area contributed by atoms with E-state index in [0.29, 0.717) is 0 Å². The maximum absolute atomic E-state index is 6.84. The SMILES string of the molecule is CC1(C)c2ccccc2-c2ccc(N(c3ccc(-c4ccccc4)cc3)c3cccc4c3-c3ccccc3C43c4ccccc4Oc4cc5ccccc5cc43)cc21. The van der Waals surface area contributed by atoms with Gasteiger partial charge < -0.3 is 9.64 Å². The van der Waals surface area contributed by atoms with E-state index in [1.54, 1.807) is 0 Å². The fourth-order valence-electron chi connectivity index (χ4n) is 10.5. The zero-order valence-corrected chi connectivity index (χ0v) is 32.4. The second-order valence-electron chi connectivity index (χ2n) is 16.4. The highest BCUT2D eigenvalue weighted by Crippen LogP contribution is 2.64. The zero-order valence-electron chi connectivity index (χ0n) is 32.4. The molecular formula is C56H39NO. The lowest BCUT2D eigenvalue weighted by molar-refractivity contribution is 0.437. The molecule has 2 aliphatic carbocycles. The molecule has 0 saturated carbocycles. The standard InChI is InChI=1S/C56H39NO/c1-55(2)45-21-10-8-19-42(45)43-32-31-41(35-49(43)55)57(40-29-27-37(28-30-40)36-15-4-3-5-16-36)51-25-14-24-48-54(51)44-20-9-11-22-46(44)56(48)47-23-12-13-26-52(47)58-53-34-39-18-7-6-17-38(39)33-50(53)56/h3-35H,1-2H3. The van der Waals surface area contributed by atoms with E-state index in [4.69, 9.17) is 4.74 Å². The van der Waals surface area contributed by atoms with Gasteiger partial charge in [-0.15, -0.1) is 0 Å². The first-order chi connectivity index (χ1) is 28.5. The van der Waals surface area contributed by atoms with Gasteiger partial charge in [-0.2, -0.15) is 0 Å². The Balaban J connectivity index is 1.14. The number of ether oxygens (including phenoxy) is 1. The lowest BCUT2D eigenvalue weighted by Crippen LogP contribution is -2.32. The van der Waals surface area contributed by atoms with Crippen LogP contribution in [-0.4, -0.2) is 0 Å². The van der Waals surface area contributed by atoms with Crippen LogP contribution in [-0.2, 0) is 10.8 Å². The molecule has 9 aromatic carbocycles. The molecule has 3 aliphatic rings. The van der Waals surface area contributed by atoms with E-state index in [0.717, 1.165) is 34.1 Å². The van der Waals surface area contributed by atoms with Crippen molar-refractivity contribution in [3.8, 4) is 44.9 Å². The smallest absolute Gasteiger partial charge is 0.132 e. The van der Waals surface area contributed by atoms with Gasteiger partial charge in [0.2, 0.25) is 0 Å². The first-order valence-corrected chi connectivity index (χ1v) is 20.3. The Bertz CT molecular complexity index is 3120. The second-order valence-corrected chi connectivity index (χ2v) is 16.4. The Morgan fingerprint density at radius 1 is 0.379 bits per heavy atom. The minimum absolute atomic E-state index is 0.141. The molecule has 1 unspecified atom stereocenters. The van der Waals surface area contributed by atoms with E-state index in [2.05, 4.69) is 219 Å². The fourth-order valence-corrected chi connectivity index (χ4v) is 10.5. The lowest BCUT2D eigenvalue weighted by atomic mass is 9.66. The molecule has 1 heterocycles. The van der Waals surface area contributed by atoms with Crippen LogP contribution in [0.3, 0.4) is 0 Å². The normalized spacial score (nSPS) is 16.1. The maximum Gasteiger partial charge on any atom is 0.132 e. The van der Waals surface area contributed by atoms with Crippen LogP contribution < -0.4 is 9.64 Å². The minimum atomic E-state index is -0.597. The van der Waals surface area contributed by atoms with Crippen LogP contribution in [0.25, 0.3) is 44.2 Å². The van der Waals surface area contributed by atoms with Crippen LogP contribution >= 0.6 is 0 Å². The van der Waals surface area contributed by atoms with Crippen molar-refractivity contribution in [3.63, 3.8) is 0 Å². The Labute approximate surface area is 339 Å². The monoisotopic (exact) mass is 741 g/mol. The van der Waals surface area contributed by atoms with Crippen LogP contribution in [0, 0.1) is 0 Å². The first kappa shape index (κ1) is 33.0. The molecule has 2 nitrogen and oxygen atoms in total. The third-order valence-corrected chi connectivity index (χ3v) is 13.1. The summed E-state index contributed by atoms with van der Waals surface area (Å²) < 4.78 is 6.84. The lowest BCUT2D eigenvalue weighted by Gasteiger charge is -2.39. The van der Waals surface area contributed by atoms with E-state index < -0.39 is 5.41 Å². The van der Waals surface area contributed by atoms with Crippen molar-refractivity contribution in [1.29, 1.82) is 0 Å². The molecule has 1 aliphatic heterocycles. The van der Waals surface area contributed by atoms with Crippen LogP contribution in [0.5, 0.6) is 11.5 Å². The fraction of sp³-hybridized carbons (Fsp3) is 0.0714. The molecule has 0 fully saturated rings. The molecule has 0 bridgehead atoms. The summed E-state index contributed by atoms with van der Waals surface area (Å²) in [7, 11) is 0. The summed E-state index contributed by atoms with van der Waals surface area (Å²) in [5, 5.41) is 2.37. The van der Waals surface area contributed by atoms with Gasteiger partial charge in [-0.05, 0) is 109 Å². The number of rotatable bonds is 4. The Morgan fingerprint density at radius 3 is 1.79 bits per heavy atom. The Morgan fingerprint density at radius 2 is 0.983 bits per heavy atom. The molecule has 0 N–H and O–H groups in total. The number of anilines is 3. The minimum Gasteiger partial charge on any atom is -0.457 e. The van der Waals surface area contributed by atoms with Gasteiger partial charge in [0.05, 0.1) is 11.1 Å². The molecule has 0 saturated heterocycles. The van der Waals surface area contributed by atoms with Gasteiger partial charge in [-0.1, -0.05) is 166 Å². The van der Waals surface area contributed by atoms with Crippen molar-refractivity contribution in [2.75, 3.05) is 4.90 Å². The molecule has 1 spiro atoms. The highest BCUT2D eigenvalue weighted by Gasteiger charge is 2.52. The number of fused-ring (bicyclic) bond motifs is 13. The number of benzene rings is 9. The topological polar surface area (TPSA) is 12.5 Å². The van der Waals surface area contributed by atoms with Gasteiger partial charge in [-0.25, -0.2) is 0 Å². The van der Waals surface area contributed by atoms with Crippen LogP contribution in [0.1, 0.15) is 47.2 Å². The van der Waals surface area contributed by atoms with E-state index >= 15 is 0 Å². The molecule has 0 amide bonds. The van der Waals surface area contributed by atoms with Crippen LogP contribution in [0.2, 0.25) is 0 Å². The summed E-state index contributed by atoms with van der Waals surface area (Å²) in [4.78, 5) is 2.50. The quantitative estimate of drug-likeness (QED) is 0.178. The molecule has 274 valence electrons. The van der Waals surface area contributed by atoms with E-state index in [-0.39, 0.29) is 5.41 Å². The molecule has 0 radical (unpaired) electrons. The largest absolute Gasteiger partial charge is 0.457 e. The number of nitrogens with zero attached hydrogens (tertiary/aromatic N) is 1. The van der Waals surface area contributed by atoms with Gasteiger partial charge in [0.15, 0.2) is 0 Å². The predicted octanol–water partition coefficient (Wildman–Crippen LogP) is 14.8. The number of hydrogen-bond acceptors (Lipinski definition) is 2. The van der Waals surface area contributed by atoms with E-state index in [9.17, 15) is 0 Å². The van der Waals surface area contributed by atoms with Crippen molar-refractivity contribution >= 4 is 27.8 Å². The van der Waals surface area contributed by atoms with Gasteiger partial charge in [0.1, 0.15) is 11.5 Å². The molecular weight excluding hydrogens is 703 g/mol. The molecule has 0 aromatic heterocycles. The summed E-state index contributed by atoms with van der Waals surface area (Å²) in [5.74, 6) is 1.80. The van der Waals surface area contributed by atoms with Crippen molar-refractivity contribution in [2.45, 2.75) is 24.7 Å². The molecule has 12 rings (SSSR count). The summed E-state index contributed by atoms with van der Waals surface area (Å²) >= 11 is 0. The summed E-state index contributed by atoms with van der Waals surface area (Å²) in [6, 6.07) is 73.7. The highest BCUT2D eigenvalue weighted by molar-refractivity contribution is 6.00. The summed E-state index contributed by atoms with van der Waals surface area (Å²) in [5.41, 5.74) is 17.8. The third-order valence-electron chi connectivity index (χ3n) is 13.1. The van der Waals surface area contributed by atoms with Gasteiger partial charge in [0, 0.05) is 33.5 Å². The maximum atomic E-state index is 6.84. The Hall–Kier alpha value is -7.16. The second kappa shape index (κ2) is 12.2. The highest BCUT2D eigenvalue weighted by atomic mass is 16.5. The van der Waals surface area contributed by atoms with Gasteiger partial charge >= 0.3 is 0 Å². The zero-order chi connectivity index (χ0) is 38.6. The van der Waals surface area contributed by atoms with Gasteiger partial charge in [-0.3, -0.25) is 0 Å². The third kappa shape index (κ3) is 4.49. The van der Waals surface area contributed by atoms with E-state index in [1.165, 1.54) is 72.0 Å². The van der Waals surface area contributed by atoms with Crippen molar-refractivity contribution in [3.05, 3.63) is 234 Å². The summed E-state index contributed by atoms with van der Waals surface area (Å²) in [6.07, 6.45) is 0. The average molecular weight is 742 g/mol. The van der Waals surface area contributed by atoms with E-state index in [1.807, 2.05) is 0 Å². The molecule has 58 heavy (non-hydrogen) atoms. The average Bonchev–Trinajstić information content (AvgIpc) is 3.70. The number of para-hydroxylation sites is 1. The molecule has 2 heteroatoms. The van der Waals surface area contributed by atoms with Crippen molar-refractivity contribution in [1.82, 2.24) is 0 Å². The Kier molecular flexibility index (Phi) is 6.93. The first-order valence-electron chi connectivity index (χ1n) is 20.3. The van der Waals surface area contributed by atoms with Crippen LogP contribution in [0.4, 0.5) is 17.1 Å². The number of hydrogen-bond donors (Lipinski definition) is 0. The van der Waals surface area contributed by atoms with Crippen LogP contribution in [0.15, 0.2) is 200 Å². The molecule has 1 atom stereocenters. The summed E-state index contributed by atoms with van der Waals surface area (Å²) in [6.45, 7) is 4.73.